The summed E-state index contributed by atoms with van der Waals surface area (Å²) in [7, 11) is -3.11. The maximum absolute atomic E-state index is 12.3. The first-order valence-corrected chi connectivity index (χ1v) is 9.07. The molecule has 1 aromatic rings. The average molecular weight is 312 g/mol. The van der Waals surface area contributed by atoms with Gasteiger partial charge in [-0.2, -0.15) is 0 Å². The standard InChI is InChI=1S/C16H28N2O2S/c1-14-8-5-6-9-15(14)18(11-7-10-17)12-13-21(19,20)16(2,3)4/h5-6,8-9H,7,10-13,17H2,1-4H3. The Morgan fingerprint density at radius 1 is 1.14 bits per heavy atom. The van der Waals surface area contributed by atoms with E-state index >= 15 is 0 Å². The first-order chi connectivity index (χ1) is 9.69. The average Bonchev–Trinajstić information content (AvgIpc) is 2.39. The van der Waals surface area contributed by atoms with Gasteiger partial charge in [-0.15, -0.1) is 0 Å². The fourth-order valence-corrected chi connectivity index (χ4v) is 3.16. The van der Waals surface area contributed by atoms with Crippen LogP contribution in [0.25, 0.3) is 0 Å². The van der Waals surface area contributed by atoms with E-state index in [1.807, 2.05) is 31.2 Å². The number of para-hydroxylation sites is 1. The second-order valence-corrected chi connectivity index (χ2v) is 9.21. The number of hydrogen-bond acceptors (Lipinski definition) is 4. The zero-order valence-electron chi connectivity index (χ0n) is 13.6. The third kappa shape index (κ3) is 5.00. The zero-order chi connectivity index (χ0) is 16.1. The highest BCUT2D eigenvalue weighted by atomic mass is 32.2. The highest BCUT2D eigenvalue weighted by Gasteiger charge is 2.29. The number of anilines is 1. The third-order valence-corrected chi connectivity index (χ3v) is 6.24. The van der Waals surface area contributed by atoms with E-state index in [1.54, 1.807) is 20.8 Å². The highest BCUT2D eigenvalue weighted by molar-refractivity contribution is 7.92. The number of nitrogens with zero attached hydrogens (tertiary/aromatic N) is 1. The molecule has 0 aliphatic carbocycles. The van der Waals surface area contributed by atoms with E-state index in [0.717, 1.165) is 24.2 Å². The van der Waals surface area contributed by atoms with Crippen LogP contribution in [0.15, 0.2) is 24.3 Å². The van der Waals surface area contributed by atoms with Crippen molar-refractivity contribution in [1.82, 2.24) is 0 Å². The van der Waals surface area contributed by atoms with Crippen LogP contribution in [0.4, 0.5) is 5.69 Å². The summed E-state index contributed by atoms with van der Waals surface area (Å²) in [5, 5.41) is 0. The SMILES string of the molecule is Cc1ccccc1N(CCCN)CCS(=O)(=O)C(C)(C)C. The normalized spacial score (nSPS) is 12.4. The van der Waals surface area contributed by atoms with Gasteiger partial charge in [-0.3, -0.25) is 0 Å². The summed E-state index contributed by atoms with van der Waals surface area (Å²) < 4.78 is 23.9. The van der Waals surface area contributed by atoms with Gasteiger partial charge in [0.1, 0.15) is 0 Å². The van der Waals surface area contributed by atoms with Gasteiger partial charge in [0, 0.05) is 18.8 Å². The lowest BCUT2D eigenvalue weighted by atomic mass is 10.1. The molecule has 0 spiro atoms. The Morgan fingerprint density at radius 2 is 1.76 bits per heavy atom. The predicted octanol–water partition coefficient (Wildman–Crippen LogP) is 2.36. The Hall–Kier alpha value is -1.07. The van der Waals surface area contributed by atoms with Crippen molar-refractivity contribution in [1.29, 1.82) is 0 Å². The number of sulfone groups is 1. The molecule has 120 valence electrons. The summed E-state index contributed by atoms with van der Waals surface area (Å²) in [6.07, 6.45) is 0.851. The lowest BCUT2D eigenvalue weighted by molar-refractivity contribution is 0.558. The van der Waals surface area contributed by atoms with Crippen LogP contribution < -0.4 is 10.6 Å². The molecule has 0 unspecified atom stereocenters. The van der Waals surface area contributed by atoms with Gasteiger partial charge in [0.2, 0.25) is 0 Å². The lowest BCUT2D eigenvalue weighted by Gasteiger charge is -2.28. The summed E-state index contributed by atoms with van der Waals surface area (Å²) >= 11 is 0. The fraction of sp³-hybridized carbons (Fsp3) is 0.625. The molecule has 0 amide bonds. The topological polar surface area (TPSA) is 63.4 Å². The predicted molar refractivity (Wildman–Crippen MR) is 90.6 cm³/mol. The minimum atomic E-state index is -3.11. The van der Waals surface area contributed by atoms with Crippen molar-refractivity contribution in [2.24, 2.45) is 5.73 Å². The highest BCUT2D eigenvalue weighted by Crippen LogP contribution is 2.21. The molecule has 0 fully saturated rings. The molecule has 0 aromatic heterocycles. The summed E-state index contributed by atoms with van der Waals surface area (Å²) in [5.74, 6) is 0.162. The van der Waals surface area contributed by atoms with E-state index in [2.05, 4.69) is 4.90 Å². The van der Waals surface area contributed by atoms with Gasteiger partial charge < -0.3 is 10.6 Å². The molecule has 5 heteroatoms. The Labute approximate surface area is 129 Å². The van der Waals surface area contributed by atoms with E-state index in [4.69, 9.17) is 5.73 Å². The van der Waals surface area contributed by atoms with Crippen molar-refractivity contribution in [2.45, 2.75) is 38.9 Å². The molecule has 0 saturated heterocycles. The minimum absolute atomic E-state index is 0.162. The molecule has 0 atom stereocenters. The van der Waals surface area contributed by atoms with E-state index in [9.17, 15) is 8.42 Å². The van der Waals surface area contributed by atoms with E-state index in [-0.39, 0.29) is 5.75 Å². The molecular weight excluding hydrogens is 284 g/mol. The zero-order valence-corrected chi connectivity index (χ0v) is 14.4. The molecule has 0 saturated carbocycles. The summed E-state index contributed by atoms with van der Waals surface area (Å²) in [6, 6.07) is 8.06. The Balaban J connectivity index is 2.88. The van der Waals surface area contributed by atoms with Gasteiger partial charge in [-0.25, -0.2) is 8.42 Å². The number of benzene rings is 1. The molecular formula is C16H28N2O2S. The van der Waals surface area contributed by atoms with Crippen LogP contribution in [0, 0.1) is 6.92 Å². The van der Waals surface area contributed by atoms with Gasteiger partial charge in [0.15, 0.2) is 9.84 Å². The van der Waals surface area contributed by atoms with Gasteiger partial charge in [-0.05, 0) is 52.3 Å². The van der Waals surface area contributed by atoms with Crippen LogP contribution >= 0.6 is 0 Å². The van der Waals surface area contributed by atoms with E-state index in [0.29, 0.717) is 13.1 Å². The molecule has 4 nitrogen and oxygen atoms in total. The van der Waals surface area contributed by atoms with Gasteiger partial charge in [-0.1, -0.05) is 18.2 Å². The second kappa shape index (κ2) is 7.27. The Kier molecular flexibility index (Phi) is 6.23. The smallest absolute Gasteiger partial charge is 0.156 e. The minimum Gasteiger partial charge on any atom is -0.370 e. The van der Waals surface area contributed by atoms with Crippen molar-refractivity contribution in [3.63, 3.8) is 0 Å². The molecule has 1 aromatic carbocycles. The van der Waals surface area contributed by atoms with Crippen molar-refractivity contribution in [2.75, 3.05) is 30.3 Å². The monoisotopic (exact) mass is 312 g/mol. The molecule has 0 heterocycles. The van der Waals surface area contributed by atoms with Crippen LogP contribution in [0.3, 0.4) is 0 Å². The molecule has 1 rings (SSSR count). The first-order valence-electron chi connectivity index (χ1n) is 7.42. The number of rotatable bonds is 7. The van der Waals surface area contributed by atoms with E-state index in [1.165, 1.54) is 0 Å². The quantitative estimate of drug-likeness (QED) is 0.839. The van der Waals surface area contributed by atoms with Crippen molar-refractivity contribution < 1.29 is 8.42 Å². The molecule has 0 aliphatic heterocycles. The van der Waals surface area contributed by atoms with Crippen LogP contribution in [0.1, 0.15) is 32.8 Å². The summed E-state index contributed by atoms with van der Waals surface area (Å²) in [5.41, 5.74) is 7.85. The maximum atomic E-state index is 12.3. The van der Waals surface area contributed by atoms with E-state index < -0.39 is 14.6 Å². The molecule has 0 radical (unpaired) electrons. The third-order valence-electron chi connectivity index (χ3n) is 3.65. The largest absolute Gasteiger partial charge is 0.370 e. The second-order valence-electron chi connectivity index (χ2n) is 6.35. The van der Waals surface area contributed by atoms with Gasteiger partial charge >= 0.3 is 0 Å². The van der Waals surface area contributed by atoms with Crippen molar-refractivity contribution in [3.05, 3.63) is 29.8 Å². The van der Waals surface area contributed by atoms with Crippen LogP contribution in [-0.2, 0) is 9.84 Å². The van der Waals surface area contributed by atoms with Crippen molar-refractivity contribution >= 4 is 15.5 Å². The molecule has 21 heavy (non-hydrogen) atoms. The number of aryl methyl sites for hydroxylation is 1. The van der Waals surface area contributed by atoms with Gasteiger partial charge in [0.25, 0.3) is 0 Å². The van der Waals surface area contributed by atoms with Gasteiger partial charge in [0.05, 0.1) is 10.5 Å². The lowest BCUT2D eigenvalue weighted by Crippen LogP contribution is -2.37. The Morgan fingerprint density at radius 3 is 2.29 bits per heavy atom. The molecule has 2 N–H and O–H groups in total. The van der Waals surface area contributed by atoms with Crippen LogP contribution in [0.2, 0.25) is 0 Å². The summed E-state index contributed by atoms with van der Waals surface area (Å²) in [6.45, 7) is 9.18. The number of nitrogens with two attached hydrogens (primary N) is 1. The molecule has 0 aliphatic rings. The van der Waals surface area contributed by atoms with Crippen LogP contribution in [0.5, 0.6) is 0 Å². The molecule has 0 bridgehead atoms. The van der Waals surface area contributed by atoms with Crippen LogP contribution in [-0.4, -0.2) is 38.6 Å². The maximum Gasteiger partial charge on any atom is 0.156 e. The number of hydrogen-bond donors (Lipinski definition) is 1. The first kappa shape index (κ1) is 18.0. The summed E-state index contributed by atoms with van der Waals surface area (Å²) in [4.78, 5) is 2.13. The Bertz CT molecular complexity index is 548. The fourth-order valence-electron chi connectivity index (χ4n) is 2.09. The van der Waals surface area contributed by atoms with Crippen molar-refractivity contribution in [3.8, 4) is 0 Å².